The summed E-state index contributed by atoms with van der Waals surface area (Å²) in [6.07, 6.45) is 3.30. The fourth-order valence-corrected chi connectivity index (χ4v) is 4.72. The van der Waals surface area contributed by atoms with Gasteiger partial charge in [0.1, 0.15) is 12.4 Å². The summed E-state index contributed by atoms with van der Waals surface area (Å²) in [5, 5.41) is 2.84. The van der Waals surface area contributed by atoms with Gasteiger partial charge < -0.3 is 19.5 Å². The van der Waals surface area contributed by atoms with Crippen molar-refractivity contribution in [2.24, 2.45) is 0 Å². The number of fused-ring (bicyclic) bond motifs is 1. The van der Waals surface area contributed by atoms with Crippen LogP contribution in [0.5, 0.6) is 17.2 Å². The van der Waals surface area contributed by atoms with Gasteiger partial charge in [-0.2, -0.15) is 0 Å². The largest absolute Gasteiger partial charge is 0.492 e. The molecule has 0 unspecified atom stereocenters. The van der Waals surface area contributed by atoms with Crippen molar-refractivity contribution >= 4 is 21.6 Å². The zero-order valence-corrected chi connectivity index (χ0v) is 21.2. The number of benzene rings is 3. The first kappa shape index (κ1) is 25.4. The Balaban J connectivity index is 1.31. The summed E-state index contributed by atoms with van der Waals surface area (Å²) in [5.41, 5.74) is 2.97. The van der Waals surface area contributed by atoms with Crippen LogP contribution in [-0.2, 0) is 23.0 Å². The standard InChI is InChI=1S/C27H30N2O6S/c1-3-4-20-7-12-24(13-8-20)33-16-15-28-27(30)22-9-5-21(6-10-22)18-29(36(2,31)32)23-11-14-25-26(17-23)35-19-34-25/h5-14,17H,3-4,15-16,18-19H2,1-2H3,(H,28,30). The second kappa shape index (κ2) is 11.3. The predicted octanol–water partition coefficient (Wildman–Crippen LogP) is 4.14. The normalized spacial score (nSPS) is 12.3. The van der Waals surface area contributed by atoms with Crippen LogP contribution in [0.1, 0.15) is 34.8 Å². The molecular formula is C27H30N2O6S. The molecule has 0 bridgehead atoms. The predicted molar refractivity (Wildman–Crippen MR) is 138 cm³/mol. The summed E-state index contributed by atoms with van der Waals surface area (Å²) < 4.78 is 42.6. The Morgan fingerprint density at radius 3 is 2.36 bits per heavy atom. The lowest BCUT2D eigenvalue weighted by atomic mass is 10.1. The number of ether oxygens (including phenoxy) is 3. The van der Waals surface area contributed by atoms with Crippen molar-refractivity contribution < 1.29 is 27.4 Å². The zero-order valence-electron chi connectivity index (χ0n) is 20.4. The number of sulfonamides is 1. The second-order valence-corrected chi connectivity index (χ2v) is 10.4. The van der Waals surface area contributed by atoms with Crippen molar-refractivity contribution in [3.05, 3.63) is 83.4 Å². The zero-order chi connectivity index (χ0) is 25.5. The van der Waals surface area contributed by atoms with Crippen LogP contribution in [0.15, 0.2) is 66.7 Å². The first-order chi connectivity index (χ1) is 17.3. The van der Waals surface area contributed by atoms with Crippen LogP contribution in [0.25, 0.3) is 0 Å². The summed E-state index contributed by atoms with van der Waals surface area (Å²) in [5.74, 6) is 1.63. The van der Waals surface area contributed by atoms with Gasteiger partial charge in [0.15, 0.2) is 11.5 Å². The molecule has 190 valence electrons. The average molecular weight is 511 g/mol. The highest BCUT2D eigenvalue weighted by atomic mass is 32.2. The van der Waals surface area contributed by atoms with E-state index in [2.05, 4.69) is 24.4 Å². The third kappa shape index (κ3) is 6.48. The quantitative estimate of drug-likeness (QED) is 0.390. The number of rotatable bonds is 11. The first-order valence-electron chi connectivity index (χ1n) is 11.8. The second-order valence-electron chi connectivity index (χ2n) is 8.50. The molecule has 3 aromatic carbocycles. The number of nitrogens with zero attached hydrogens (tertiary/aromatic N) is 1. The Labute approximate surface area is 211 Å². The molecule has 4 rings (SSSR count). The van der Waals surface area contributed by atoms with Crippen LogP contribution in [0.3, 0.4) is 0 Å². The number of nitrogens with one attached hydrogen (secondary N) is 1. The van der Waals surface area contributed by atoms with E-state index in [0.717, 1.165) is 30.4 Å². The van der Waals surface area contributed by atoms with E-state index >= 15 is 0 Å². The molecule has 0 aliphatic carbocycles. The summed E-state index contributed by atoms with van der Waals surface area (Å²) in [7, 11) is -3.56. The summed E-state index contributed by atoms with van der Waals surface area (Å²) in [4.78, 5) is 12.5. The average Bonchev–Trinajstić information content (AvgIpc) is 3.34. The summed E-state index contributed by atoms with van der Waals surface area (Å²) >= 11 is 0. The minimum absolute atomic E-state index is 0.111. The van der Waals surface area contributed by atoms with Gasteiger partial charge in [0, 0.05) is 11.6 Å². The van der Waals surface area contributed by atoms with Gasteiger partial charge in [0.25, 0.3) is 5.91 Å². The molecule has 36 heavy (non-hydrogen) atoms. The Kier molecular flexibility index (Phi) is 8.00. The number of amides is 1. The molecule has 9 heteroatoms. The van der Waals surface area contributed by atoms with Crippen molar-refractivity contribution in [3.63, 3.8) is 0 Å². The van der Waals surface area contributed by atoms with Crippen LogP contribution in [-0.4, -0.2) is 40.5 Å². The van der Waals surface area contributed by atoms with Crippen LogP contribution in [0.2, 0.25) is 0 Å². The summed E-state index contributed by atoms with van der Waals surface area (Å²) in [6, 6.07) is 19.8. The molecule has 1 aliphatic heterocycles. The Hall–Kier alpha value is -3.72. The molecular weight excluding hydrogens is 480 g/mol. The molecule has 1 amide bonds. The summed E-state index contributed by atoms with van der Waals surface area (Å²) in [6.45, 7) is 3.09. The number of hydrogen-bond donors (Lipinski definition) is 1. The molecule has 1 aliphatic rings. The highest BCUT2D eigenvalue weighted by molar-refractivity contribution is 7.92. The Morgan fingerprint density at radius 1 is 0.972 bits per heavy atom. The molecule has 8 nitrogen and oxygen atoms in total. The van der Waals surface area contributed by atoms with Crippen molar-refractivity contribution in [2.75, 3.05) is 30.5 Å². The number of carbonyl (C=O) groups excluding carboxylic acids is 1. The number of hydrogen-bond acceptors (Lipinski definition) is 6. The maximum atomic E-state index is 12.5. The van der Waals surface area contributed by atoms with Gasteiger partial charge in [-0.15, -0.1) is 0 Å². The molecule has 1 heterocycles. The van der Waals surface area contributed by atoms with Gasteiger partial charge in [-0.25, -0.2) is 8.42 Å². The van der Waals surface area contributed by atoms with E-state index in [1.54, 1.807) is 42.5 Å². The molecule has 3 aromatic rings. The van der Waals surface area contributed by atoms with Crippen molar-refractivity contribution in [1.82, 2.24) is 5.32 Å². The molecule has 0 fully saturated rings. The van der Waals surface area contributed by atoms with Crippen LogP contribution < -0.4 is 23.8 Å². The van der Waals surface area contributed by atoms with Gasteiger partial charge in [-0.05, 0) is 53.9 Å². The van der Waals surface area contributed by atoms with Crippen molar-refractivity contribution in [1.29, 1.82) is 0 Å². The first-order valence-corrected chi connectivity index (χ1v) is 13.6. The highest BCUT2D eigenvalue weighted by Crippen LogP contribution is 2.36. The van der Waals surface area contributed by atoms with Crippen LogP contribution in [0, 0.1) is 0 Å². The minimum Gasteiger partial charge on any atom is -0.492 e. The van der Waals surface area contributed by atoms with Crippen molar-refractivity contribution in [2.45, 2.75) is 26.3 Å². The van der Waals surface area contributed by atoms with E-state index in [1.807, 2.05) is 12.1 Å². The van der Waals surface area contributed by atoms with Gasteiger partial charge in [0.05, 0.1) is 25.0 Å². The van der Waals surface area contributed by atoms with E-state index in [-0.39, 0.29) is 19.2 Å². The molecule has 0 saturated heterocycles. The van der Waals surface area contributed by atoms with E-state index in [4.69, 9.17) is 14.2 Å². The van der Waals surface area contributed by atoms with Crippen molar-refractivity contribution in [3.8, 4) is 17.2 Å². The Morgan fingerprint density at radius 2 is 1.67 bits per heavy atom. The van der Waals surface area contributed by atoms with Gasteiger partial charge in [-0.3, -0.25) is 9.10 Å². The van der Waals surface area contributed by atoms with E-state index in [9.17, 15) is 13.2 Å². The maximum Gasteiger partial charge on any atom is 0.251 e. The maximum absolute atomic E-state index is 12.5. The third-order valence-corrected chi connectivity index (χ3v) is 6.85. The smallest absolute Gasteiger partial charge is 0.251 e. The Bertz CT molecular complexity index is 1290. The lowest BCUT2D eigenvalue weighted by Gasteiger charge is -2.23. The molecule has 0 saturated carbocycles. The number of aryl methyl sites for hydroxylation is 1. The SMILES string of the molecule is CCCc1ccc(OCCNC(=O)c2ccc(CN(c3ccc4c(c3)OCO4)S(C)(=O)=O)cc2)cc1. The van der Waals surface area contributed by atoms with Gasteiger partial charge in [0.2, 0.25) is 16.8 Å². The van der Waals surface area contributed by atoms with Gasteiger partial charge in [-0.1, -0.05) is 37.6 Å². The fraction of sp³-hybridized carbons (Fsp3) is 0.296. The highest BCUT2D eigenvalue weighted by Gasteiger charge is 2.22. The van der Waals surface area contributed by atoms with E-state index in [1.165, 1.54) is 9.87 Å². The van der Waals surface area contributed by atoms with Crippen LogP contribution in [0.4, 0.5) is 5.69 Å². The number of carbonyl (C=O) groups is 1. The monoisotopic (exact) mass is 510 g/mol. The minimum atomic E-state index is -3.56. The lowest BCUT2D eigenvalue weighted by molar-refractivity contribution is 0.0947. The van der Waals surface area contributed by atoms with E-state index < -0.39 is 10.0 Å². The molecule has 0 radical (unpaired) electrons. The topological polar surface area (TPSA) is 94.2 Å². The van der Waals surface area contributed by atoms with Gasteiger partial charge >= 0.3 is 0 Å². The third-order valence-electron chi connectivity index (χ3n) is 5.71. The lowest BCUT2D eigenvalue weighted by Crippen LogP contribution is -2.29. The fourth-order valence-electron chi connectivity index (χ4n) is 3.84. The molecule has 0 atom stereocenters. The van der Waals surface area contributed by atoms with Crippen LogP contribution >= 0.6 is 0 Å². The van der Waals surface area contributed by atoms with E-state index in [0.29, 0.717) is 35.9 Å². The molecule has 1 N–H and O–H groups in total. The molecule has 0 spiro atoms. The number of anilines is 1. The molecule has 0 aromatic heterocycles.